The van der Waals surface area contributed by atoms with Crippen molar-refractivity contribution in [3.63, 3.8) is 0 Å². The molecule has 0 amide bonds. The van der Waals surface area contributed by atoms with Crippen LogP contribution in [0.4, 0.5) is 0 Å². The average molecular weight is 378 g/mol. The van der Waals surface area contributed by atoms with Crippen LogP contribution in [0.5, 0.6) is 0 Å². The molecule has 0 saturated carbocycles. The summed E-state index contributed by atoms with van der Waals surface area (Å²) in [6.45, 7) is 5.30. The number of pyridine rings is 1. The second kappa shape index (κ2) is 5.26. The van der Waals surface area contributed by atoms with E-state index >= 15 is 0 Å². The van der Waals surface area contributed by atoms with Crippen molar-refractivity contribution in [2.24, 2.45) is 0 Å². The zero-order valence-corrected chi connectivity index (χ0v) is 14.4. The topological polar surface area (TPSA) is 59.1 Å². The van der Waals surface area contributed by atoms with Crippen molar-refractivity contribution < 1.29 is 8.42 Å². The highest BCUT2D eigenvalue weighted by Crippen LogP contribution is 2.30. The lowest BCUT2D eigenvalue weighted by Crippen LogP contribution is -2.40. The van der Waals surface area contributed by atoms with E-state index < -0.39 is 15.6 Å². The summed E-state index contributed by atoms with van der Waals surface area (Å²) in [5, 5.41) is 0.783. The van der Waals surface area contributed by atoms with Gasteiger partial charge in [-0.1, -0.05) is 33.6 Å². The molecule has 4 nitrogen and oxygen atoms in total. The molecule has 0 atom stereocenters. The molecule has 2 rings (SSSR count). The lowest BCUT2D eigenvalue weighted by molar-refractivity contribution is 0.491. The van der Waals surface area contributed by atoms with Crippen LogP contribution in [-0.2, 0) is 10.0 Å². The van der Waals surface area contributed by atoms with Crippen LogP contribution in [0.1, 0.15) is 20.8 Å². The first-order valence-electron chi connectivity index (χ1n) is 5.88. The summed E-state index contributed by atoms with van der Waals surface area (Å²) in [4.78, 5) is 4.16. The minimum Gasteiger partial charge on any atom is -0.255 e. The maximum absolute atomic E-state index is 12.3. The third kappa shape index (κ3) is 3.31. The molecule has 1 aromatic heterocycles. The largest absolute Gasteiger partial charge is 0.255 e. The molecule has 0 unspecified atom stereocenters. The first-order chi connectivity index (χ1) is 9.10. The van der Waals surface area contributed by atoms with Crippen LogP contribution < -0.4 is 4.72 Å². The van der Waals surface area contributed by atoms with E-state index in [0.29, 0.717) is 10.9 Å². The van der Waals surface area contributed by atoms with Gasteiger partial charge in [0.05, 0.1) is 10.5 Å². The van der Waals surface area contributed by atoms with Crippen LogP contribution in [0.2, 0.25) is 5.02 Å². The normalized spacial score (nSPS) is 12.8. The van der Waals surface area contributed by atoms with Gasteiger partial charge in [0.15, 0.2) is 0 Å². The summed E-state index contributed by atoms with van der Waals surface area (Å²) in [5.74, 6) is 0. The van der Waals surface area contributed by atoms with Gasteiger partial charge < -0.3 is 0 Å². The van der Waals surface area contributed by atoms with Crippen molar-refractivity contribution in [1.82, 2.24) is 9.71 Å². The summed E-state index contributed by atoms with van der Waals surface area (Å²) >= 11 is 9.57. The van der Waals surface area contributed by atoms with Gasteiger partial charge in [-0.25, -0.2) is 13.1 Å². The number of hydrogen-bond donors (Lipinski definition) is 1. The van der Waals surface area contributed by atoms with Gasteiger partial charge in [-0.15, -0.1) is 0 Å². The minimum atomic E-state index is -3.71. The van der Waals surface area contributed by atoms with Gasteiger partial charge in [-0.05, 0) is 32.9 Å². The van der Waals surface area contributed by atoms with Crippen LogP contribution in [-0.4, -0.2) is 18.9 Å². The summed E-state index contributed by atoms with van der Waals surface area (Å²) in [6, 6.07) is 5.32. The third-order valence-corrected chi connectivity index (χ3v) is 5.25. The number of fused-ring (bicyclic) bond motifs is 1. The highest BCUT2D eigenvalue weighted by Gasteiger charge is 2.25. The Morgan fingerprint density at radius 2 is 1.95 bits per heavy atom. The molecule has 2 aromatic rings. The fourth-order valence-electron chi connectivity index (χ4n) is 1.76. The minimum absolute atomic E-state index is 0.0103. The van der Waals surface area contributed by atoms with E-state index in [9.17, 15) is 8.42 Å². The second-order valence-corrected chi connectivity index (χ2v) is 8.40. The standard InChI is InChI=1S/C13H14BrClN2O2S/c1-13(2,3)17-20(18,19)11-7-16-10-6-8(14)4-5-9(10)12(11)15/h4-7,17H,1-3H3. The van der Waals surface area contributed by atoms with Crippen molar-refractivity contribution >= 4 is 48.5 Å². The van der Waals surface area contributed by atoms with Crippen LogP contribution in [0.3, 0.4) is 0 Å². The first-order valence-corrected chi connectivity index (χ1v) is 8.53. The van der Waals surface area contributed by atoms with Gasteiger partial charge in [0.1, 0.15) is 4.90 Å². The third-order valence-electron chi connectivity index (χ3n) is 2.46. The number of hydrogen-bond acceptors (Lipinski definition) is 3. The number of sulfonamides is 1. The number of benzene rings is 1. The first kappa shape index (κ1) is 15.7. The highest BCUT2D eigenvalue weighted by atomic mass is 79.9. The van der Waals surface area contributed by atoms with E-state index in [1.807, 2.05) is 0 Å². The maximum atomic E-state index is 12.3. The molecule has 0 spiro atoms. The Morgan fingerprint density at radius 1 is 1.30 bits per heavy atom. The molecule has 20 heavy (non-hydrogen) atoms. The van der Waals surface area contributed by atoms with Crippen LogP contribution in [0, 0.1) is 0 Å². The summed E-state index contributed by atoms with van der Waals surface area (Å²) in [7, 11) is -3.71. The summed E-state index contributed by atoms with van der Waals surface area (Å²) in [5.41, 5.74) is 0.0516. The number of nitrogens with one attached hydrogen (secondary N) is 1. The van der Waals surface area contributed by atoms with E-state index in [1.54, 1.807) is 39.0 Å². The zero-order valence-electron chi connectivity index (χ0n) is 11.2. The molecule has 0 radical (unpaired) electrons. The van der Waals surface area contributed by atoms with Crippen molar-refractivity contribution in [2.45, 2.75) is 31.2 Å². The fourth-order valence-corrected chi connectivity index (χ4v) is 4.08. The number of aromatic nitrogens is 1. The molecule has 7 heteroatoms. The van der Waals surface area contributed by atoms with Crippen molar-refractivity contribution in [3.8, 4) is 0 Å². The quantitative estimate of drug-likeness (QED) is 0.867. The monoisotopic (exact) mass is 376 g/mol. The SMILES string of the molecule is CC(C)(C)NS(=O)(=O)c1cnc2cc(Br)ccc2c1Cl. The Balaban J connectivity index is 2.62. The van der Waals surface area contributed by atoms with Gasteiger partial charge in [0.25, 0.3) is 0 Å². The Kier molecular flexibility index (Phi) is 4.12. The summed E-state index contributed by atoms with van der Waals surface area (Å²) < 4.78 is 28.1. The van der Waals surface area contributed by atoms with Gasteiger partial charge >= 0.3 is 0 Å². The number of nitrogens with zero attached hydrogens (tertiary/aromatic N) is 1. The van der Waals surface area contributed by atoms with Crippen LogP contribution >= 0.6 is 27.5 Å². The predicted octanol–water partition coefficient (Wildman–Crippen LogP) is 3.73. The van der Waals surface area contributed by atoms with Gasteiger partial charge in [0, 0.05) is 21.6 Å². The lowest BCUT2D eigenvalue weighted by atomic mass is 10.1. The van der Waals surface area contributed by atoms with Crippen molar-refractivity contribution in [1.29, 1.82) is 0 Å². The lowest BCUT2D eigenvalue weighted by Gasteiger charge is -2.20. The predicted molar refractivity (Wildman–Crippen MR) is 84.5 cm³/mol. The van der Waals surface area contributed by atoms with E-state index in [2.05, 4.69) is 25.6 Å². The van der Waals surface area contributed by atoms with E-state index in [0.717, 1.165) is 4.47 Å². The van der Waals surface area contributed by atoms with Crippen LogP contribution in [0.15, 0.2) is 33.8 Å². The van der Waals surface area contributed by atoms with E-state index in [-0.39, 0.29) is 9.92 Å². The van der Waals surface area contributed by atoms with Crippen LogP contribution in [0.25, 0.3) is 10.9 Å². The molecule has 0 bridgehead atoms. The Hall–Kier alpha value is -0.690. The fraction of sp³-hybridized carbons (Fsp3) is 0.308. The molecule has 1 aromatic carbocycles. The Labute approximate surface area is 131 Å². The Morgan fingerprint density at radius 3 is 2.55 bits per heavy atom. The molecule has 1 N–H and O–H groups in total. The maximum Gasteiger partial charge on any atom is 0.244 e. The molecule has 0 aliphatic heterocycles. The van der Waals surface area contributed by atoms with Crippen molar-refractivity contribution in [2.75, 3.05) is 0 Å². The van der Waals surface area contributed by atoms with E-state index in [4.69, 9.17) is 11.6 Å². The smallest absolute Gasteiger partial charge is 0.244 e. The zero-order chi connectivity index (χ0) is 15.1. The molecule has 108 valence electrons. The average Bonchev–Trinajstić information content (AvgIpc) is 2.25. The second-order valence-electron chi connectivity index (χ2n) is 5.45. The van der Waals surface area contributed by atoms with Gasteiger partial charge in [-0.2, -0.15) is 0 Å². The Bertz CT molecular complexity index is 770. The molecular formula is C13H14BrClN2O2S. The molecule has 0 fully saturated rings. The molecule has 0 aliphatic rings. The van der Waals surface area contributed by atoms with E-state index in [1.165, 1.54) is 6.20 Å². The van der Waals surface area contributed by atoms with Gasteiger partial charge in [0.2, 0.25) is 10.0 Å². The van der Waals surface area contributed by atoms with Crippen molar-refractivity contribution in [3.05, 3.63) is 33.9 Å². The molecule has 0 saturated heterocycles. The number of rotatable bonds is 2. The number of halogens is 2. The van der Waals surface area contributed by atoms with Gasteiger partial charge in [-0.3, -0.25) is 4.98 Å². The molecule has 1 heterocycles. The highest BCUT2D eigenvalue weighted by molar-refractivity contribution is 9.10. The molecule has 0 aliphatic carbocycles. The summed E-state index contributed by atoms with van der Waals surface area (Å²) in [6.07, 6.45) is 1.28. The molecular weight excluding hydrogens is 364 g/mol.